The fourth-order valence-electron chi connectivity index (χ4n) is 1.79. The van der Waals surface area contributed by atoms with Crippen molar-refractivity contribution in [1.82, 2.24) is 0 Å². The van der Waals surface area contributed by atoms with Crippen molar-refractivity contribution in [2.24, 2.45) is 5.73 Å². The SMILES string of the molecule is N[C@@H](Cc1ccc(O)cc1)C(=O)Nc1ccc(Cl)cc1F. The van der Waals surface area contributed by atoms with E-state index in [-0.39, 0.29) is 22.9 Å². The van der Waals surface area contributed by atoms with Gasteiger partial charge in [0.25, 0.3) is 0 Å². The highest BCUT2D eigenvalue weighted by Gasteiger charge is 2.16. The molecule has 0 aliphatic rings. The van der Waals surface area contributed by atoms with Gasteiger partial charge in [-0.05, 0) is 42.3 Å². The molecular formula is C15H14ClFN2O2. The van der Waals surface area contributed by atoms with Crippen LogP contribution in [0.25, 0.3) is 0 Å². The van der Waals surface area contributed by atoms with Crippen LogP contribution in [-0.2, 0) is 11.2 Å². The average Bonchev–Trinajstić information content (AvgIpc) is 2.44. The van der Waals surface area contributed by atoms with Gasteiger partial charge in [-0.25, -0.2) is 4.39 Å². The Kier molecular flexibility index (Phi) is 4.77. The van der Waals surface area contributed by atoms with Crippen molar-refractivity contribution in [1.29, 1.82) is 0 Å². The zero-order chi connectivity index (χ0) is 15.4. The van der Waals surface area contributed by atoms with E-state index in [9.17, 15) is 14.3 Å². The maximum Gasteiger partial charge on any atom is 0.241 e. The van der Waals surface area contributed by atoms with Gasteiger partial charge in [-0.3, -0.25) is 4.79 Å². The van der Waals surface area contributed by atoms with Gasteiger partial charge in [0, 0.05) is 5.02 Å². The first-order chi connectivity index (χ1) is 9.95. The lowest BCUT2D eigenvalue weighted by Gasteiger charge is -2.13. The number of halogens is 2. The first kappa shape index (κ1) is 15.3. The topological polar surface area (TPSA) is 75.3 Å². The van der Waals surface area contributed by atoms with Gasteiger partial charge in [0.2, 0.25) is 5.91 Å². The predicted molar refractivity (Wildman–Crippen MR) is 79.8 cm³/mol. The standard InChI is InChI=1S/C15H14ClFN2O2/c16-10-3-6-14(12(17)8-10)19-15(21)13(18)7-9-1-4-11(20)5-2-9/h1-6,8,13,20H,7,18H2,(H,19,21)/t13-/m0/s1. The van der Waals surface area contributed by atoms with Crippen LogP contribution in [0.5, 0.6) is 5.75 Å². The van der Waals surface area contributed by atoms with Gasteiger partial charge in [0.05, 0.1) is 11.7 Å². The maximum atomic E-state index is 13.6. The van der Waals surface area contributed by atoms with Crippen molar-refractivity contribution in [2.75, 3.05) is 5.32 Å². The highest BCUT2D eigenvalue weighted by molar-refractivity contribution is 6.30. The fraction of sp³-hybridized carbons (Fsp3) is 0.133. The molecule has 0 heterocycles. The molecule has 0 aromatic heterocycles. The molecule has 4 N–H and O–H groups in total. The lowest BCUT2D eigenvalue weighted by atomic mass is 10.1. The van der Waals surface area contributed by atoms with Crippen LogP contribution in [0.1, 0.15) is 5.56 Å². The molecule has 0 bridgehead atoms. The molecule has 0 unspecified atom stereocenters. The number of hydrogen-bond acceptors (Lipinski definition) is 3. The van der Waals surface area contributed by atoms with E-state index in [4.69, 9.17) is 17.3 Å². The minimum Gasteiger partial charge on any atom is -0.508 e. The second kappa shape index (κ2) is 6.56. The molecule has 6 heteroatoms. The van der Waals surface area contributed by atoms with Gasteiger partial charge in [0.15, 0.2) is 0 Å². The Balaban J connectivity index is 2.00. The van der Waals surface area contributed by atoms with Crippen LogP contribution in [0, 0.1) is 5.82 Å². The van der Waals surface area contributed by atoms with Crippen LogP contribution in [-0.4, -0.2) is 17.1 Å². The number of benzene rings is 2. The Morgan fingerprint density at radius 1 is 1.29 bits per heavy atom. The first-order valence-electron chi connectivity index (χ1n) is 6.25. The fourth-order valence-corrected chi connectivity index (χ4v) is 1.95. The Labute approximate surface area is 126 Å². The molecule has 110 valence electrons. The molecule has 1 amide bonds. The van der Waals surface area contributed by atoms with Gasteiger partial charge < -0.3 is 16.2 Å². The van der Waals surface area contributed by atoms with Gasteiger partial charge in [-0.15, -0.1) is 0 Å². The summed E-state index contributed by atoms with van der Waals surface area (Å²) in [5, 5.41) is 11.9. The van der Waals surface area contributed by atoms with E-state index in [1.165, 1.54) is 24.3 Å². The third kappa shape index (κ3) is 4.18. The maximum absolute atomic E-state index is 13.6. The van der Waals surface area contributed by atoms with Crippen molar-refractivity contribution < 1.29 is 14.3 Å². The second-order valence-electron chi connectivity index (χ2n) is 4.59. The number of nitrogens with two attached hydrogens (primary N) is 1. The average molecular weight is 309 g/mol. The van der Waals surface area contributed by atoms with Crippen molar-refractivity contribution in [3.8, 4) is 5.75 Å². The van der Waals surface area contributed by atoms with Crippen molar-refractivity contribution >= 4 is 23.2 Å². The van der Waals surface area contributed by atoms with E-state index >= 15 is 0 Å². The summed E-state index contributed by atoms with van der Waals surface area (Å²) in [7, 11) is 0. The summed E-state index contributed by atoms with van der Waals surface area (Å²) in [4.78, 5) is 11.9. The lowest BCUT2D eigenvalue weighted by Crippen LogP contribution is -2.37. The number of nitrogens with one attached hydrogen (secondary N) is 1. The zero-order valence-corrected chi connectivity index (χ0v) is 11.8. The number of amides is 1. The molecule has 21 heavy (non-hydrogen) atoms. The number of carbonyl (C=O) groups excluding carboxylic acids is 1. The molecule has 4 nitrogen and oxygen atoms in total. The molecule has 0 aliphatic carbocycles. The van der Waals surface area contributed by atoms with Gasteiger partial charge in [-0.2, -0.15) is 0 Å². The van der Waals surface area contributed by atoms with Crippen molar-refractivity contribution in [3.63, 3.8) is 0 Å². The van der Waals surface area contributed by atoms with E-state index in [1.807, 2.05) is 0 Å². The molecule has 0 aliphatic heterocycles. The smallest absolute Gasteiger partial charge is 0.241 e. The molecule has 2 rings (SSSR count). The highest BCUT2D eigenvalue weighted by Crippen LogP contribution is 2.19. The summed E-state index contributed by atoms with van der Waals surface area (Å²) in [5.41, 5.74) is 6.62. The zero-order valence-electron chi connectivity index (χ0n) is 11.0. The summed E-state index contributed by atoms with van der Waals surface area (Å²) in [6, 6.07) is 9.51. The highest BCUT2D eigenvalue weighted by atomic mass is 35.5. The Hall–Kier alpha value is -2.11. The van der Waals surface area contributed by atoms with Gasteiger partial charge in [-0.1, -0.05) is 23.7 Å². The summed E-state index contributed by atoms with van der Waals surface area (Å²) in [5.74, 6) is -0.975. The molecule has 2 aromatic carbocycles. The van der Waals surface area contributed by atoms with E-state index in [2.05, 4.69) is 5.32 Å². The van der Waals surface area contributed by atoms with Crippen molar-refractivity contribution in [2.45, 2.75) is 12.5 Å². The van der Waals surface area contributed by atoms with Gasteiger partial charge in [0.1, 0.15) is 11.6 Å². The quantitative estimate of drug-likeness (QED) is 0.813. The van der Waals surface area contributed by atoms with Crippen LogP contribution in [0.2, 0.25) is 5.02 Å². The third-order valence-corrected chi connectivity index (χ3v) is 3.15. The number of anilines is 1. The number of hydrogen-bond donors (Lipinski definition) is 3. The normalized spacial score (nSPS) is 12.0. The summed E-state index contributed by atoms with van der Waals surface area (Å²) in [6.45, 7) is 0. The minimum absolute atomic E-state index is 0.0329. The van der Waals surface area contributed by atoms with Crippen LogP contribution in [0.3, 0.4) is 0 Å². The molecule has 0 saturated heterocycles. The summed E-state index contributed by atoms with van der Waals surface area (Å²) >= 11 is 5.64. The molecular weight excluding hydrogens is 295 g/mol. The number of aromatic hydroxyl groups is 1. The summed E-state index contributed by atoms with van der Waals surface area (Å²) < 4.78 is 13.6. The van der Waals surface area contributed by atoms with Crippen molar-refractivity contribution in [3.05, 3.63) is 58.9 Å². The third-order valence-electron chi connectivity index (χ3n) is 2.92. The molecule has 0 spiro atoms. The largest absolute Gasteiger partial charge is 0.508 e. The number of phenolic OH excluding ortho intramolecular Hbond substituents is 1. The van der Waals surface area contributed by atoms with Gasteiger partial charge >= 0.3 is 0 Å². The Morgan fingerprint density at radius 3 is 2.57 bits per heavy atom. The summed E-state index contributed by atoms with van der Waals surface area (Å²) in [6.07, 6.45) is 0.279. The van der Waals surface area contributed by atoms with E-state index in [0.717, 1.165) is 11.6 Å². The molecule has 1 atom stereocenters. The second-order valence-corrected chi connectivity index (χ2v) is 5.03. The molecule has 0 fully saturated rings. The van der Waals surface area contributed by atoms with E-state index in [1.54, 1.807) is 12.1 Å². The monoisotopic (exact) mass is 308 g/mol. The van der Waals surface area contributed by atoms with E-state index < -0.39 is 17.8 Å². The predicted octanol–water partition coefficient (Wildman–Crippen LogP) is 2.69. The number of carbonyl (C=O) groups is 1. The first-order valence-corrected chi connectivity index (χ1v) is 6.63. The Bertz CT molecular complexity index is 647. The minimum atomic E-state index is -0.829. The number of phenols is 1. The van der Waals surface area contributed by atoms with Crippen LogP contribution in [0.4, 0.5) is 10.1 Å². The number of rotatable bonds is 4. The van der Waals surface area contributed by atoms with Crippen LogP contribution < -0.4 is 11.1 Å². The molecule has 0 saturated carbocycles. The van der Waals surface area contributed by atoms with Crippen LogP contribution >= 0.6 is 11.6 Å². The van der Waals surface area contributed by atoms with Crippen LogP contribution in [0.15, 0.2) is 42.5 Å². The Morgan fingerprint density at radius 2 is 1.95 bits per heavy atom. The van der Waals surface area contributed by atoms with E-state index in [0.29, 0.717) is 0 Å². The molecule has 0 radical (unpaired) electrons. The lowest BCUT2D eigenvalue weighted by molar-refractivity contribution is -0.117. The molecule has 2 aromatic rings.